The van der Waals surface area contributed by atoms with Crippen molar-refractivity contribution in [3.05, 3.63) is 53.5 Å². The fraction of sp³-hybridized carbons (Fsp3) is 0.190. The third-order valence-corrected chi connectivity index (χ3v) is 5.19. The molecule has 0 N–H and O–H groups in total. The van der Waals surface area contributed by atoms with Gasteiger partial charge in [-0.3, -0.25) is 4.98 Å². The van der Waals surface area contributed by atoms with Crippen LogP contribution in [0, 0.1) is 20.8 Å². The molecule has 5 nitrogen and oxygen atoms in total. The Kier molecular flexibility index (Phi) is 2.98. The van der Waals surface area contributed by atoms with E-state index in [4.69, 9.17) is 9.40 Å². The summed E-state index contributed by atoms with van der Waals surface area (Å²) in [6.45, 7) is 6.20. The molecule has 4 aromatic heterocycles. The molecule has 0 aliphatic rings. The van der Waals surface area contributed by atoms with Gasteiger partial charge in [0.1, 0.15) is 11.4 Å². The summed E-state index contributed by atoms with van der Waals surface area (Å²) in [5, 5.41) is 2.17. The lowest BCUT2D eigenvalue weighted by Crippen LogP contribution is -1.93. The summed E-state index contributed by atoms with van der Waals surface area (Å²) in [6, 6.07) is 8.30. The number of nitrogens with zero attached hydrogens (tertiary/aromatic N) is 4. The van der Waals surface area contributed by atoms with Crippen LogP contribution in [0.1, 0.15) is 16.8 Å². The minimum atomic E-state index is 0.680. The second kappa shape index (κ2) is 5.14. The largest absolute Gasteiger partial charge is 0.437 e. The fourth-order valence-electron chi connectivity index (χ4n) is 3.61. The summed E-state index contributed by atoms with van der Waals surface area (Å²) in [6.07, 6.45) is 3.60. The number of fused-ring (bicyclic) bond motifs is 4. The van der Waals surface area contributed by atoms with E-state index in [1.165, 1.54) is 11.1 Å². The predicted molar refractivity (Wildman–Crippen MR) is 103 cm³/mol. The van der Waals surface area contributed by atoms with Crippen molar-refractivity contribution in [1.82, 2.24) is 19.5 Å². The normalized spacial score (nSPS) is 11.8. The minimum Gasteiger partial charge on any atom is -0.437 e. The van der Waals surface area contributed by atoms with E-state index < -0.39 is 0 Å². The molecule has 0 unspecified atom stereocenters. The number of benzene rings is 1. The molecule has 4 heterocycles. The van der Waals surface area contributed by atoms with Gasteiger partial charge in [0.05, 0.1) is 22.8 Å². The Morgan fingerprint density at radius 2 is 1.85 bits per heavy atom. The molecular formula is C21H18N4O. The zero-order valence-corrected chi connectivity index (χ0v) is 15.2. The number of hydrogen-bond donors (Lipinski definition) is 0. The van der Waals surface area contributed by atoms with Gasteiger partial charge in [0.2, 0.25) is 5.71 Å². The molecule has 26 heavy (non-hydrogen) atoms. The monoisotopic (exact) mass is 342 g/mol. The third-order valence-electron chi connectivity index (χ3n) is 5.19. The second-order valence-corrected chi connectivity index (χ2v) is 6.84. The third kappa shape index (κ3) is 1.94. The number of imidazole rings is 1. The van der Waals surface area contributed by atoms with E-state index in [0.717, 1.165) is 44.5 Å². The lowest BCUT2D eigenvalue weighted by Gasteiger charge is -2.05. The number of aryl methyl sites for hydroxylation is 4. The lowest BCUT2D eigenvalue weighted by atomic mass is 10.0. The van der Waals surface area contributed by atoms with Crippen LogP contribution >= 0.6 is 0 Å². The molecule has 1 aromatic carbocycles. The van der Waals surface area contributed by atoms with E-state index in [0.29, 0.717) is 5.71 Å². The summed E-state index contributed by atoms with van der Waals surface area (Å²) in [7, 11) is 2.01. The molecule has 0 saturated carbocycles. The topological polar surface area (TPSA) is 56.7 Å². The lowest BCUT2D eigenvalue weighted by molar-refractivity contribution is 0.652. The van der Waals surface area contributed by atoms with Gasteiger partial charge in [-0.2, -0.15) is 0 Å². The van der Waals surface area contributed by atoms with Crippen LogP contribution in [0.5, 0.6) is 0 Å². The van der Waals surface area contributed by atoms with Gasteiger partial charge in [0, 0.05) is 29.7 Å². The van der Waals surface area contributed by atoms with Crippen molar-refractivity contribution < 1.29 is 4.42 Å². The molecule has 0 aliphatic heterocycles. The van der Waals surface area contributed by atoms with Gasteiger partial charge < -0.3 is 8.98 Å². The standard InChI is InChI=1S/C21H18N4O/c1-11-5-6-14(20-24-16-7-8-22-10-17(16)25(20)4)19-18(11)15-9-12(2)13(3)23-21(15)26-19/h5-10H,1-4H3. The molecule has 0 aliphatic carbocycles. The van der Waals surface area contributed by atoms with Gasteiger partial charge in [-0.25, -0.2) is 9.97 Å². The highest BCUT2D eigenvalue weighted by molar-refractivity contribution is 6.10. The van der Waals surface area contributed by atoms with Crippen LogP contribution in [0.15, 0.2) is 41.1 Å². The summed E-state index contributed by atoms with van der Waals surface area (Å²) in [5.41, 5.74) is 7.74. The highest BCUT2D eigenvalue weighted by Crippen LogP contribution is 2.38. The number of rotatable bonds is 1. The van der Waals surface area contributed by atoms with Crippen molar-refractivity contribution in [3.63, 3.8) is 0 Å². The van der Waals surface area contributed by atoms with Crippen molar-refractivity contribution >= 4 is 33.1 Å². The molecule has 0 saturated heterocycles. The molecule has 0 atom stereocenters. The first kappa shape index (κ1) is 15.1. The molecule has 0 amide bonds. The van der Waals surface area contributed by atoms with E-state index in [9.17, 15) is 0 Å². The molecule has 0 radical (unpaired) electrons. The van der Waals surface area contributed by atoms with Crippen molar-refractivity contribution in [2.45, 2.75) is 20.8 Å². The van der Waals surface area contributed by atoms with Crippen LogP contribution in [-0.2, 0) is 7.05 Å². The second-order valence-electron chi connectivity index (χ2n) is 6.84. The van der Waals surface area contributed by atoms with Crippen molar-refractivity contribution in [2.24, 2.45) is 7.05 Å². The first-order valence-electron chi connectivity index (χ1n) is 8.61. The molecular weight excluding hydrogens is 324 g/mol. The van der Waals surface area contributed by atoms with Crippen LogP contribution in [0.2, 0.25) is 0 Å². The molecule has 5 heteroatoms. The highest BCUT2D eigenvalue weighted by atomic mass is 16.3. The Morgan fingerprint density at radius 3 is 2.65 bits per heavy atom. The summed E-state index contributed by atoms with van der Waals surface area (Å²) >= 11 is 0. The van der Waals surface area contributed by atoms with Gasteiger partial charge in [-0.05, 0) is 50.1 Å². The van der Waals surface area contributed by atoms with Crippen molar-refractivity contribution in [2.75, 3.05) is 0 Å². The first-order valence-corrected chi connectivity index (χ1v) is 8.61. The van der Waals surface area contributed by atoms with Crippen LogP contribution < -0.4 is 0 Å². The number of furan rings is 1. The van der Waals surface area contributed by atoms with Crippen LogP contribution in [0.3, 0.4) is 0 Å². The quantitative estimate of drug-likeness (QED) is 0.437. The molecule has 5 aromatic rings. The molecule has 128 valence electrons. The Morgan fingerprint density at radius 1 is 1.00 bits per heavy atom. The van der Waals surface area contributed by atoms with Crippen LogP contribution in [-0.4, -0.2) is 19.5 Å². The summed E-state index contributed by atoms with van der Waals surface area (Å²) in [4.78, 5) is 13.7. The van der Waals surface area contributed by atoms with Gasteiger partial charge in [-0.1, -0.05) is 6.07 Å². The van der Waals surface area contributed by atoms with E-state index in [-0.39, 0.29) is 0 Å². The maximum atomic E-state index is 6.23. The number of pyridine rings is 2. The zero-order valence-electron chi connectivity index (χ0n) is 15.2. The van der Waals surface area contributed by atoms with Gasteiger partial charge in [0.25, 0.3) is 0 Å². The Labute approximate surface area is 150 Å². The Bertz CT molecular complexity index is 1330. The SMILES string of the molecule is Cc1cc2c(nc1C)oc1c(-c3nc4ccncc4n3C)ccc(C)c12. The molecule has 0 fully saturated rings. The van der Waals surface area contributed by atoms with Crippen molar-refractivity contribution in [1.29, 1.82) is 0 Å². The maximum absolute atomic E-state index is 6.23. The zero-order chi connectivity index (χ0) is 18.0. The van der Waals surface area contributed by atoms with Crippen LogP contribution in [0.4, 0.5) is 0 Å². The van der Waals surface area contributed by atoms with Crippen LogP contribution in [0.25, 0.3) is 44.5 Å². The number of hydrogen-bond acceptors (Lipinski definition) is 4. The molecule has 5 rings (SSSR count). The van der Waals surface area contributed by atoms with E-state index in [2.05, 4.69) is 46.6 Å². The first-order chi connectivity index (χ1) is 12.5. The van der Waals surface area contributed by atoms with E-state index in [1.54, 1.807) is 6.20 Å². The van der Waals surface area contributed by atoms with Gasteiger partial charge in [-0.15, -0.1) is 0 Å². The molecule has 0 bridgehead atoms. The van der Waals surface area contributed by atoms with Gasteiger partial charge in [0.15, 0.2) is 0 Å². The van der Waals surface area contributed by atoms with Gasteiger partial charge >= 0.3 is 0 Å². The smallest absolute Gasteiger partial charge is 0.227 e. The minimum absolute atomic E-state index is 0.680. The van der Waals surface area contributed by atoms with E-state index in [1.807, 2.05) is 26.2 Å². The predicted octanol–water partition coefficient (Wildman–Crippen LogP) is 4.85. The summed E-state index contributed by atoms with van der Waals surface area (Å²) in [5.74, 6) is 0.866. The average Bonchev–Trinajstić information content (AvgIpc) is 3.15. The fourth-order valence-corrected chi connectivity index (χ4v) is 3.61. The Balaban J connectivity index is 1.91. The maximum Gasteiger partial charge on any atom is 0.227 e. The average molecular weight is 342 g/mol. The number of aromatic nitrogens is 4. The van der Waals surface area contributed by atoms with E-state index >= 15 is 0 Å². The Hall–Kier alpha value is -3.21. The highest BCUT2D eigenvalue weighted by Gasteiger charge is 2.19. The van der Waals surface area contributed by atoms with Crippen molar-refractivity contribution in [3.8, 4) is 11.4 Å². The summed E-state index contributed by atoms with van der Waals surface area (Å²) < 4.78 is 8.28. The molecule has 0 spiro atoms.